The molecule has 1 aliphatic heterocycles. The monoisotopic (exact) mass is 339 g/mol. The largest absolute Gasteiger partial charge is 0.353 e. The third kappa shape index (κ3) is 3.61. The maximum Gasteiger partial charge on any atom is 0.244 e. The van der Waals surface area contributed by atoms with Crippen LogP contribution in [0, 0.1) is 11.3 Å². The maximum atomic E-state index is 12.8. The van der Waals surface area contributed by atoms with E-state index in [-0.39, 0.29) is 11.9 Å². The second kappa shape index (κ2) is 7.32. The van der Waals surface area contributed by atoms with Crippen molar-refractivity contribution >= 4 is 11.7 Å². The average molecular weight is 339 g/mol. The van der Waals surface area contributed by atoms with Gasteiger partial charge in [-0.15, -0.1) is 0 Å². The summed E-state index contributed by atoms with van der Waals surface area (Å²) in [6, 6.07) is 5.21. The number of anilines is 1. The molecule has 1 unspecified atom stereocenters. The molecular formula is C17H21N7O. The van der Waals surface area contributed by atoms with Gasteiger partial charge in [0.1, 0.15) is 11.9 Å². The molecule has 0 radical (unpaired) electrons. The first-order valence-corrected chi connectivity index (χ1v) is 8.18. The van der Waals surface area contributed by atoms with Crippen LogP contribution in [0.2, 0.25) is 0 Å². The Morgan fingerprint density at radius 2 is 2.12 bits per heavy atom. The van der Waals surface area contributed by atoms with Gasteiger partial charge >= 0.3 is 0 Å². The minimum Gasteiger partial charge on any atom is -0.353 e. The maximum absolute atomic E-state index is 12.8. The van der Waals surface area contributed by atoms with Gasteiger partial charge in [0, 0.05) is 51.2 Å². The highest BCUT2D eigenvalue weighted by Gasteiger charge is 2.28. The Labute approximate surface area is 146 Å². The number of nitriles is 1. The summed E-state index contributed by atoms with van der Waals surface area (Å²) in [7, 11) is 3.62. The molecule has 1 atom stereocenters. The standard InChI is InChI=1S/C17H21N7O/c1-19-16(14-11-21-22(2)12-14)17(25)24-7-5-23(6-8-24)15-9-13(10-18)3-4-20-15/h3-4,9,11-12,16,19H,5-8H2,1-2H3. The molecule has 8 nitrogen and oxygen atoms in total. The number of aromatic nitrogens is 3. The Kier molecular flexibility index (Phi) is 4.95. The molecule has 0 saturated carbocycles. The van der Waals surface area contributed by atoms with Crippen LogP contribution in [0.5, 0.6) is 0 Å². The number of carbonyl (C=O) groups excluding carboxylic acids is 1. The lowest BCUT2D eigenvalue weighted by atomic mass is 10.1. The molecule has 1 aliphatic rings. The fourth-order valence-corrected chi connectivity index (χ4v) is 3.02. The number of hydrogen-bond donors (Lipinski definition) is 1. The molecule has 8 heteroatoms. The molecule has 0 aromatic carbocycles. The summed E-state index contributed by atoms with van der Waals surface area (Å²) in [5.74, 6) is 0.831. The quantitative estimate of drug-likeness (QED) is 0.861. The Morgan fingerprint density at radius 3 is 2.72 bits per heavy atom. The van der Waals surface area contributed by atoms with Crippen molar-refractivity contribution in [2.24, 2.45) is 7.05 Å². The molecule has 0 bridgehead atoms. The zero-order valence-electron chi connectivity index (χ0n) is 14.4. The lowest BCUT2D eigenvalue weighted by Gasteiger charge is -2.36. The number of nitrogens with one attached hydrogen (secondary N) is 1. The number of aryl methyl sites for hydroxylation is 1. The van der Waals surface area contributed by atoms with Gasteiger partial charge in [-0.3, -0.25) is 9.48 Å². The van der Waals surface area contributed by atoms with Crippen LogP contribution in [-0.2, 0) is 11.8 Å². The summed E-state index contributed by atoms with van der Waals surface area (Å²) in [6.07, 6.45) is 5.21. The predicted molar refractivity (Wildman–Crippen MR) is 92.8 cm³/mol. The first-order valence-electron chi connectivity index (χ1n) is 8.18. The summed E-state index contributed by atoms with van der Waals surface area (Å²) >= 11 is 0. The number of pyridine rings is 1. The molecular weight excluding hydrogens is 318 g/mol. The third-order valence-corrected chi connectivity index (χ3v) is 4.38. The summed E-state index contributed by atoms with van der Waals surface area (Å²) in [5, 5.41) is 16.2. The van der Waals surface area contributed by atoms with Crippen LogP contribution in [0.3, 0.4) is 0 Å². The molecule has 1 fully saturated rings. The normalized spacial score (nSPS) is 15.7. The minimum absolute atomic E-state index is 0.0499. The number of piperazine rings is 1. The molecule has 3 heterocycles. The number of rotatable bonds is 4. The number of hydrogen-bond acceptors (Lipinski definition) is 6. The second-order valence-electron chi connectivity index (χ2n) is 6.00. The highest BCUT2D eigenvalue weighted by Crippen LogP contribution is 2.19. The van der Waals surface area contributed by atoms with Crippen molar-refractivity contribution in [1.29, 1.82) is 5.26 Å². The van der Waals surface area contributed by atoms with E-state index in [9.17, 15) is 4.79 Å². The van der Waals surface area contributed by atoms with Crippen LogP contribution in [0.15, 0.2) is 30.7 Å². The molecule has 130 valence electrons. The molecule has 0 aliphatic carbocycles. The van der Waals surface area contributed by atoms with E-state index in [0.29, 0.717) is 31.7 Å². The summed E-state index contributed by atoms with van der Waals surface area (Å²) in [4.78, 5) is 21.1. The Balaban J connectivity index is 1.65. The minimum atomic E-state index is -0.389. The summed E-state index contributed by atoms with van der Waals surface area (Å²) in [6.45, 7) is 2.62. The zero-order valence-corrected chi connectivity index (χ0v) is 14.4. The number of amides is 1. The number of likely N-dealkylation sites (N-methyl/N-ethyl adjacent to an activating group) is 1. The Hall–Kier alpha value is -2.92. The van der Waals surface area contributed by atoms with Gasteiger partial charge in [-0.2, -0.15) is 10.4 Å². The lowest BCUT2D eigenvalue weighted by Crippen LogP contribution is -2.51. The van der Waals surface area contributed by atoms with Crippen LogP contribution in [-0.4, -0.2) is 58.8 Å². The zero-order chi connectivity index (χ0) is 17.8. The van der Waals surface area contributed by atoms with Gasteiger partial charge < -0.3 is 15.1 Å². The Bertz CT molecular complexity index is 786. The fraction of sp³-hybridized carbons (Fsp3) is 0.412. The van der Waals surface area contributed by atoms with E-state index in [1.54, 1.807) is 36.3 Å². The van der Waals surface area contributed by atoms with Crippen LogP contribution in [0.1, 0.15) is 17.2 Å². The first-order chi connectivity index (χ1) is 12.1. The number of nitrogens with zero attached hydrogens (tertiary/aromatic N) is 6. The van der Waals surface area contributed by atoms with E-state index >= 15 is 0 Å². The summed E-state index contributed by atoms with van der Waals surface area (Å²) in [5.41, 5.74) is 1.45. The first kappa shape index (κ1) is 16.9. The molecule has 1 N–H and O–H groups in total. The molecule has 0 spiro atoms. The van der Waals surface area contributed by atoms with Crippen molar-refractivity contribution in [2.45, 2.75) is 6.04 Å². The molecule has 2 aromatic rings. The molecule has 3 rings (SSSR count). The van der Waals surface area contributed by atoms with Gasteiger partial charge in [0.15, 0.2) is 0 Å². The van der Waals surface area contributed by atoms with Crippen molar-refractivity contribution < 1.29 is 4.79 Å². The highest BCUT2D eigenvalue weighted by atomic mass is 16.2. The van der Waals surface area contributed by atoms with Crippen LogP contribution >= 0.6 is 0 Å². The third-order valence-electron chi connectivity index (χ3n) is 4.38. The van der Waals surface area contributed by atoms with Crippen LogP contribution < -0.4 is 10.2 Å². The van der Waals surface area contributed by atoms with Gasteiger partial charge in [-0.25, -0.2) is 4.98 Å². The molecule has 1 amide bonds. The van der Waals surface area contributed by atoms with Crippen molar-refractivity contribution in [3.05, 3.63) is 41.9 Å². The second-order valence-corrected chi connectivity index (χ2v) is 6.00. The van der Waals surface area contributed by atoms with Crippen molar-refractivity contribution in [3.63, 3.8) is 0 Å². The van der Waals surface area contributed by atoms with Crippen molar-refractivity contribution in [1.82, 2.24) is 25.0 Å². The molecule has 1 saturated heterocycles. The van der Waals surface area contributed by atoms with Gasteiger partial charge in [-0.1, -0.05) is 0 Å². The van der Waals surface area contributed by atoms with E-state index in [1.807, 2.05) is 18.1 Å². The Morgan fingerprint density at radius 1 is 1.36 bits per heavy atom. The van der Waals surface area contributed by atoms with Crippen LogP contribution in [0.25, 0.3) is 0 Å². The van der Waals surface area contributed by atoms with E-state index in [0.717, 1.165) is 11.4 Å². The van der Waals surface area contributed by atoms with Crippen molar-refractivity contribution in [3.8, 4) is 6.07 Å². The molecule has 2 aromatic heterocycles. The topological polar surface area (TPSA) is 90.1 Å². The molecule has 25 heavy (non-hydrogen) atoms. The van der Waals surface area contributed by atoms with E-state index < -0.39 is 0 Å². The van der Waals surface area contributed by atoms with E-state index in [2.05, 4.69) is 26.4 Å². The average Bonchev–Trinajstić information content (AvgIpc) is 3.08. The fourth-order valence-electron chi connectivity index (χ4n) is 3.02. The number of carbonyl (C=O) groups is 1. The van der Waals surface area contributed by atoms with Gasteiger partial charge in [-0.05, 0) is 19.2 Å². The summed E-state index contributed by atoms with van der Waals surface area (Å²) < 4.78 is 1.69. The SMILES string of the molecule is CNC(C(=O)N1CCN(c2cc(C#N)ccn2)CC1)c1cnn(C)c1. The van der Waals surface area contributed by atoms with E-state index in [4.69, 9.17) is 5.26 Å². The van der Waals surface area contributed by atoms with Gasteiger partial charge in [0.25, 0.3) is 0 Å². The lowest BCUT2D eigenvalue weighted by molar-refractivity contribution is -0.133. The van der Waals surface area contributed by atoms with Gasteiger partial charge in [0.05, 0.1) is 17.8 Å². The highest BCUT2D eigenvalue weighted by molar-refractivity contribution is 5.83. The van der Waals surface area contributed by atoms with Crippen molar-refractivity contribution in [2.75, 3.05) is 38.1 Å². The smallest absolute Gasteiger partial charge is 0.244 e. The van der Waals surface area contributed by atoms with Gasteiger partial charge in [0.2, 0.25) is 5.91 Å². The van der Waals surface area contributed by atoms with Crippen LogP contribution in [0.4, 0.5) is 5.82 Å². The predicted octanol–water partition coefficient (Wildman–Crippen LogP) is 0.296. The van der Waals surface area contributed by atoms with E-state index in [1.165, 1.54) is 0 Å².